The molecule has 1 heterocycles. The molecule has 1 unspecified atom stereocenters. The fraction of sp³-hybridized carbons (Fsp3) is 0.333. The third kappa shape index (κ3) is 3.87. The van der Waals surface area contributed by atoms with Crippen molar-refractivity contribution >= 4 is 35.4 Å². The van der Waals surface area contributed by atoms with E-state index in [0.29, 0.717) is 0 Å². The molecule has 2 N–H and O–H groups in total. The Morgan fingerprint density at radius 2 is 2.25 bits per heavy atom. The van der Waals surface area contributed by atoms with Crippen LogP contribution in [0.1, 0.15) is 24.0 Å². The lowest BCUT2D eigenvalue weighted by molar-refractivity contribution is -0.131. The highest BCUT2D eigenvalue weighted by Gasteiger charge is 2.23. The number of aliphatic carboxylic acids is 1. The molecule has 106 valence electrons. The number of hydrogen-bond acceptors (Lipinski definition) is 3. The number of carbonyl (C=O) groups is 2. The van der Waals surface area contributed by atoms with Gasteiger partial charge in [-0.05, 0) is 54.9 Å². The summed E-state index contributed by atoms with van der Waals surface area (Å²) < 4.78 is 0. The van der Waals surface area contributed by atoms with Crippen molar-refractivity contribution in [3.8, 4) is 0 Å². The zero-order valence-corrected chi connectivity index (χ0v) is 12.1. The Balaban J connectivity index is 2.04. The number of carbonyl (C=O) groups excluding carboxylic acids is 1. The van der Waals surface area contributed by atoms with E-state index in [0.717, 1.165) is 41.5 Å². The van der Waals surface area contributed by atoms with E-state index in [2.05, 4.69) is 5.32 Å². The normalized spacial score (nSPS) is 18.4. The van der Waals surface area contributed by atoms with Crippen molar-refractivity contribution in [2.24, 2.45) is 0 Å². The van der Waals surface area contributed by atoms with Crippen LogP contribution in [0.15, 0.2) is 24.3 Å². The Bertz CT molecular complexity index is 548. The van der Waals surface area contributed by atoms with E-state index in [4.69, 9.17) is 5.11 Å². The van der Waals surface area contributed by atoms with Gasteiger partial charge in [0.2, 0.25) is 5.91 Å². The Labute approximate surface area is 122 Å². The van der Waals surface area contributed by atoms with Crippen LogP contribution in [0.4, 0.5) is 5.69 Å². The van der Waals surface area contributed by atoms with Gasteiger partial charge in [-0.3, -0.25) is 4.79 Å². The highest BCUT2D eigenvalue weighted by molar-refractivity contribution is 8.00. The smallest absolute Gasteiger partial charge is 0.328 e. The summed E-state index contributed by atoms with van der Waals surface area (Å²) in [6, 6.07) is 5.47. The van der Waals surface area contributed by atoms with Gasteiger partial charge in [0.1, 0.15) is 0 Å². The Hall–Kier alpha value is -1.75. The van der Waals surface area contributed by atoms with Gasteiger partial charge in [-0.25, -0.2) is 4.79 Å². The average Bonchev–Trinajstić information content (AvgIpc) is 2.91. The molecule has 1 aromatic rings. The summed E-state index contributed by atoms with van der Waals surface area (Å²) in [5.41, 5.74) is 2.52. The molecule has 0 aliphatic carbocycles. The second kappa shape index (κ2) is 6.61. The lowest BCUT2D eigenvalue weighted by Crippen LogP contribution is -2.22. The first kappa shape index (κ1) is 14.7. The van der Waals surface area contributed by atoms with Gasteiger partial charge in [0, 0.05) is 11.8 Å². The SMILES string of the molecule is Cc1cc(NC(=O)C2CCCS2)ccc1C=CC(=O)O. The van der Waals surface area contributed by atoms with Gasteiger partial charge in [0.25, 0.3) is 0 Å². The number of carboxylic acids is 1. The standard InChI is InChI=1S/C15H17NO3S/c1-10-9-12(6-4-11(10)5-7-14(17)18)16-15(19)13-3-2-8-20-13/h4-7,9,13H,2-3,8H2,1H3,(H,16,19)(H,17,18). The summed E-state index contributed by atoms with van der Waals surface area (Å²) in [6.07, 6.45) is 4.70. The number of carboxylic acid groups (broad SMARTS) is 1. The molecular weight excluding hydrogens is 274 g/mol. The molecule has 1 fully saturated rings. The molecule has 0 radical (unpaired) electrons. The number of anilines is 1. The lowest BCUT2D eigenvalue weighted by atomic mass is 10.1. The molecule has 1 aliphatic rings. The molecule has 20 heavy (non-hydrogen) atoms. The summed E-state index contributed by atoms with van der Waals surface area (Å²) in [6.45, 7) is 1.89. The maximum absolute atomic E-state index is 12.0. The predicted octanol–water partition coefficient (Wildman–Crippen LogP) is 2.93. The molecule has 1 aromatic carbocycles. The van der Waals surface area contributed by atoms with Crippen molar-refractivity contribution in [1.29, 1.82) is 0 Å². The maximum atomic E-state index is 12.0. The van der Waals surface area contributed by atoms with Crippen molar-refractivity contribution in [2.75, 3.05) is 11.1 Å². The quantitative estimate of drug-likeness (QED) is 0.837. The first-order chi connectivity index (χ1) is 9.56. The van der Waals surface area contributed by atoms with E-state index >= 15 is 0 Å². The van der Waals surface area contributed by atoms with Crippen molar-refractivity contribution in [2.45, 2.75) is 25.0 Å². The number of benzene rings is 1. The van der Waals surface area contributed by atoms with Gasteiger partial charge >= 0.3 is 5.97 Å². The number of thioether (sulfide) groups is 1. The molecule has 1 saturated heterocycles. The van der Waals surface area contributed by atoms with E-state index in [1.165, 1.54) is 0 Å². The monoisotopic (exact) mass is 291 g/mol. The van der Waals surface area contributed by atoms with Crippen molar-refractivity contribution < 1.29 is 14.7 Å². The van der Waals surface area contributed by atoms with Crippen LogP contribution in [0.3, 0.4) is 0 Å². The first-order valence-corrected chi connectivity index (χ1v) is 7.55. The number of hydrogen-bond donors (Lipinski definition) is 2. The number of nitrogens with one attached hydrogen (secondary N) is 1. The Kier molecular flexibility index (Phi) is 4.84. The first-order valence-electron chi connectivity index (χ1n) is 6.50. The predicted molar refractivity (Wildman–Crippen MR) is 82.0 cm³/mol. The van der Waals surface area contributed by atoms with Crippen LogP contribution in [0.25, 0.3) is 6.08 Å². The second-order valence-corrected chi connectivity index (χ2v) is 6.04. The second-order valence-electron chi connectivity index (χ2n) is 4.73. The van der Waals surface area contributed by atoms with Crippen LogP contribution in [0.2, 0.25) is 0 Å². The topological polar surface area (TPSA) is 66.4 Å². The van der Waals surface area contributed by atoms with Gasteiger partial charge in [-0.15, -0.1) is 11.8 Å². The summed E-state index contributed by atoms with van der Waals surface area (Å²) in [7, 11) is 0. The molecule has 0 spiro atoms. The number of aryl methyl sites for hydroxylation is 1. The molecule has 0 saturated carbocycles. The zero-order chi connectivity index (χ0) is 14.5. The summed E-state index contributed by atoms with van der Waals surface area (Å²) in [4.78, 5) is 22.5. The molecule has 1 amide bonds. The van der Waals surface area contributed by atoms with E-state index in [-0.39, 0.29) is 11.2 Å². The summed E-state index contributed by atoms with van der Waals surface area (Å²) in [5, 5.41) is 11.6. The van der Waals surface area contributed by atoms with E-state index in [9.17, 15) is 9.59 Å². The molecule has 4 nitrogen and oxygen atoms in total. The molecule has 1 aliphatic heterocycles. The molecule has 0 aromatic heterocycles. The van der Waals surface area contributed by atoms with Crippen LogP contribution < -0.4 is 5.32 Å². The van der Waals surface area contributed by atoms with Gasteiger partial charge < -0.3 is 10.4 Å². The fourth-order valence-corrected chi connectivity index (χ4v) is 3.27. The molecule has 5 heteroatoms. The lowest BCUT2D eigenvalue weighted by Gasteiger charge is -2.11. The Morgan fingerprint density at radius 3 is 2.85 bits per heavy atom. The Morgan fingerprint density at radius 1 is 1.45 bits per heavy atom. The highest BCUT2D eigenvalue weighted by Crippen LogP contribution is 2.27. The third-order valence-corrected chi connectivity index (χ3v) is 4.54. The minimum atomic E-state index is -0.972. The fourth-order valence-electron chi connectivity index (χ4n) is 2.11. The van der Waals surface area contributed by atoms with E-state index in [1.807, 2.05) is 19.1 Å². The van der Waals surface area contributed by atoms with Crippen LogP contribution in [0.5, 0.6) is 0 Å². The minimum absolute atomic E-state index is 0.0562. The van der Waals surface area contributed by atoms with Crippen LogP contribution in [0, 0.1) is 6.92 Å². The largest absolute Gasteiger partial charge is 0.478 e. The van der Waals surface area contributed by atoms with E-state index < -0.39 is 5.97 Å². The van der Waals surface area contributed by atoms with Crippen molar-refractivity contribution in [1.82, 2.24) is 0 Å². The van der Waals surface area contributed by atoms with Crippen LogP contribution in [-0.2, 0) is 9.59 Å². The molecule has 1 atom stereocenters. The van der Waals surface area contributed by atoms with Gasteiger partial charge in [0.05, 0.1) is 5.25 Å². The molecular formula is C15H17NO3S. The van der Waals surface area contributed by atoms with Crippen LogP contribution in [-0.4, -0.2) is 28.0 Å². The van der Waals surface area contributed by atoms with E-state index in [1.54, 1.807) is 23.9 Å². The molecule has 2 rings (SSSR count). The van der Waals surface area contributed by atoms with Crippen LogP contribution >= 0.6 is 11.8 Å². The van der Waals surface area contributed by atoms with Gasteiger partial charge in [-0.1, -0.05) is 6.07 Å². The maximum Gasteiger partial charge on any atom is 0.328 e. The third-order valence-electron chi connectivity index (χ3n) is 3.16. The summed E-state index contributed by atoms with van der Waals surface area (Å²) >= 11 is 1.70. The van der Waals surface area contributed by atoms with Crippen molar-refractivity contribution in [3.63, 3.8) is 0 Å². The van der Waals surface area contributed by atoms with Gasteiger partial charge in [-0.2, -0.15) is 0 Å². The number of amides is 1. The molecule has 0 bridgehead atoms. The zero-order valence-electron chi connectivity index (χ0n) is 11.3. The minimum Gasteiger partial charge on any atom is -0.478 e. The summed E-state index contributed by atoms with van der Waals surface area (Å²) in [5.74, 6) is 0.136. The highest BCUT2D eigenvalue weighted by atomic mass is 32.2. The van der Waals surface area contributed by atoms with Gasteiger partial charge in [0.15, 0.2) is 0 Å². The van der Waals surface area contributed by atoms with Crippen molar-refractivity contribution in [3.05, 3.63) is 35.4 Å². The number of rotatable bonds is 4. The average molecular weight is 291 g/mol.